The highest BCUT2D eigenvalue weighted by molar-refractivity contribution is 7.91. The Bertz CT molecular complexity index is 524. The first kappa shape index (κ1) is 17.5. The lowest BCUT2D eigenvalue weighted by atomic mass is 10.1. The lowest BCUT2D eigenvalue weighted by Crippen LogP contribution is -2.29. The Morgan fingerprint density at radius 2 is 2.00 bits per heavy atom. The summed E-state index contributed by atoms with van der Waals surface area (Å²) < 4.78 is 25.4. The molecule has 1 aromatic carbocycles. The lowest BCUT2D eigenvalue weighted by molar-refractivity contribution is -0.129. The zero-order valence-corrected chi connectivity index (χ0v) is 13.3. The molecule has 0 aliphatic heterocycles. The Morgan fingerprint density at radius 3 is 2.52 bits per heavy atom. The van der Waals surface area contributed by atoms with Crippen LogP contribution in [0.25, 0.3) is 0 Å². The van der Waals surface area contributed by atoms with Gasteiger partial charge in [0.15, 0.2) is 6.79 Å². The quantitative estimate of drug-likeness (QED) is 0.493. The van der Waals surface area contributed by atoms with E-state index in [-0.39, 0.29) is 18.1 Å². The Kier molecular flexibility index (Phi) is 6.19. The highest BCUT2D eigenvalue weighted by atomic mass is 32.2. The van der Waals surface area contributed by atoms with E-state index in [0.717, 1.165) is 0 Å². The first-order chi connectivity index (χ1) is 9.77. The van der Waals surface area contributed by atoms with Crippen molar-refractivity contribution in [2.24, 2.45) is 4.40 Å². The van der Waals surface area contributed by atoms with E-state index in [9.17, 15) is 14.5 Å². The highest BCUT2D eigenvalue weighted by Crippen LogP contribution is 2.23. The Labute approximate surface area is 127 Å². The van der Waals surface area contributed by atoms with Crippen LogP contribution in [0.5, 0.6) is 5.75 Å². The van der Waals surface area contributed by atoms with E-state index in [4.69, 9.17) is 9.47 Å². The molecule has 0 aliphatic carbocycles. The highest BCUT2D eigenvalue weighted by Gasteiger charge is 2.30. The number of aliphatic carboxylic acids is 1. The number of carboxylic acid groups (broad SMARTS) is 1. The van der Waals surface area contributed by atoms with Crippen LogP contribution < -0.4 is 4.74 Å². The number of nitrogens with zero attached hydrogens (tertiary/aromatic N) is 1. The minimum atomic E-state index is -1.68. The van der Waals surface area contributed by atoms with Crippen molar-refractivity contribution in [3.8, 4) is 5.75 Å². The number of methoxy groups -OCH3 is 1. The molecule has 0 heterocycles. The average Bonchev–Trinajstić information content (AvgIpc) is 2.41. The summed E-state index contributed by atoms with van der Waals surface area (Å²) in [6, 6.07) is 6.52. The van der Waals surface area contributed by atoms with Crippen molar-refractivity contribution in [2.45, 2.75) is 25.5 Å². The topological polar surface area (TPSA) is 91.2 Å². The van der Waals surface area contributed by atoms with Gasteiger partial charge in [-0.15, -0.1) is 0 Å². The Balaban J connectivity index is 3.24. The second-order valence-electron chi connectivity index (χ2n) is 5.15. The normalized spacial score (nSPS) is 13.9. The number of hydrogen-bond acceptors (Lipinski definition) is 5. The van der Waals surface area contributed by atoms with Gasteiger partial charge >= 0.3 is 5.97 Å². The number of para-hydroxylation sites is 1. The molecule has 0 aliphatic rings. The van der Waals surface area contributed by atoms with Gasteiger partial charge in [0.25, 0.3) is 0 Å². The largest absolute Gasteiger partial charge is 0.591 e. The first-order valence-corrected chi connectivity index (χ1v) is 7.33. The van der Waals surface area contributed by atoms with E-state index in [1.165, 1.54) is 7.11 Å². The molecule has 0 saturated carbocycles. The number of carbonyl (C=O) groups is 1. The van der Waals surface area contributed by atoms with Gasteiger partial charge in [-0.25, -0.2) is 4.79 Å². The molecule has 0 aromatic heterocycles. The molecule has 6 nitrogen and oxygen atoms in total. The number of carboxylic acids is 1. The third kappa shape index (κ3) is 5.04. The van der Waals surface area contributed by atoms with Crippen molar-refractivity contribution < 1.29 is 23.9 Å². The van der Waals surface area contributed by atoms with Crippen molar-refractivity contribution >= 4 is 23.0 Å². The van der Waals surface area contributed by atoms with Crippen LogP contribution in [0, 0.1) is 0 Å². The Morgan fingerprint density at radius 1 is 1.38 bits per heavy atom. The zero-order chi connectivity index (χ0) is 16.0. The molecular formula is C14H19NO5S. The van der Waals surface area contributed by atoms with Crippen molar-refractivity contribution in [1.29, 1.82) is 0 Å². The SMILES string of the molecule is COCOc1ccccc1C(=N[S+]([O-])C(C)(C)C)C(=O)O. The van der Waals surface area contributed by atoms with Crippen molar-refractivity contribution in [3.05, 3.63) is 29.8 Å². The third-order valence-electron chi connectivity index (χ3n) is 2.38. The second kappa shape index (κ2) is 7.44. The number of rotatable bonds is 6. The van der Waals surface area contributed by atoms with Gasteiger partial charge in [-0.1, -0.05) is 16.5 Å². The summed E-state index contributed by atoms with van der Waals surface area (Å²) in [7, 11) is 1.46. The van der Waals surface area contributed by atoms with Gasteiger partial charge in [0.2, 0.25) is 5.71 Å². The van der Waals surface area contributed by atoms with Gasteiger partial charge in [0.1, 0.15) is 21.9 Å². The van der Waals surface area contributed by atoms with Gasteiger partial charge in [0, 0.05) is 7.11 Å². The molecule has 1 rings (SSSR count). The summed E-state index contributed by atoms with van der Waals surface area (Å²) in [6.07, 6.45) is 0. The smallest absolute Gasteiger partial charge is 0.359 e. The van der Waals surface area contributed by atoms with Crippen LogP contribution in [-0.2, 0) is 20.9 Å². The van der Waals surface area contributed by atoms with Crippen LogP contribution in [0.2, 0.25) is 0 Å². The molecule has 21 heavy (non-hydrogen) atoms. The molecule has 1 atom stereocenters. The molecule has 0 radical (unpaired) electrons. The molecule has 0 saturated heterocycles. The molecule has 0 amide bonds. The molecule has 116 valence electrons. The fraction of sp³-hybridized carbons (Fsp3) is 0.429. The molecular weight excluding hydrogens is 294 g/mol. The molecule has 1 N–H and O–H groups in total. The zero-order valence-electron chi connectivity index (χ0n) is 12.5. The van der Waals surface area contributed by atoms with Crippen LogP contribution >= 0.6 is 0 Å². The van der Waals surface area contributed by atoms with Crippen LogP contribution in [0.15, 0.2) is 28.7 Å². The summed E-state index contributed by atoms with van der Waals surface area (Å²) >= 11 is -1.68. The predicted octanol–water partition coefficient (Wildman–Crippen LogP) is 2.01. The second-order valence-corrected chi connectivity index (χ2v) is 7.06. The van der Waals surface area contributed by atoms with Gasteiger partial charge in [-0.05, 0) is 32.9 Å². The van der Waals surface area contributed by atoms with E-state index in [1.807, 2.05) is 0 Å². The lowest BCUT2D eigenvalue weighted by Gasteiger charge is -2.19. The third-order valence-corrected chi connectivity index (χ3v) is 3.77. The van der Waals surface area contributed by atoms with Crippen molar-refractivity contribution in [2.75, 3.05) is 13.9 Å². The van der Waals surface area contributed by atoms with E-state index in [1.54, 1.807) is 45.0 Å². The monoisotopic (exact) mass is 313 g/mol. The van der Waals surface area contributed by atoms with Gasteiger partial charge < -0.3 is 19.1 Å². The molecule has 0 fully saturated rings. The predicted molar refractivity (Wildman–Crippen MR) is 81.0 cm³/mol. The number of ether oxygens (including phenoxy) is 2. The van der Waals surface area contributed by atoms with E-state index < -0.39 is 22.1 Å². The molecule has 7 heteroatoms. The Hall–Kier alpha value is -1.57. The minimum absolute atomic E-state index is 0.0216. The summed E-state index contributed by atoms with van der Waals surface area (Å²) in [5.74, 6) is -0.951. The van der Waals surface area contributed by atoms with Gasteiger partial charge in [0.05, 0.1) is 5.56 Å². The van der Waals surface area contributed by atoms with E-state index >= 15 is 0 Å². The molecule has 0 spiro atoms. The molecule has 0 bridgehead atoms. The van der Waals surface area contributed by atoms with Crippen molar-refractivity contribution in [3.63, 3.8) is 0 Å². The van der Waals surface area contributed by atoms with E-state index in [2.05, 4.69) is 4.40 Å². The molecule has 1 unspecified atom stereocenters. The summed E-state index contributed by atoms with van der Waals surface area (Å²) in [5, 5.41) is 9.34. The van der Waals surface area contributed by atoms with Gasteiger partial charge in [-0.2, -0.15) is 0 Å². The summed E-state index contributed by atoms with van der Waals surface area (Å²) in [6.45, 7) is 5.14. The standard InChI is InChI=1S/C14H19NO5S/c1-14(2,3)21(18)15-12(13(16)17)10-7-5-6-8-11(10)20-9-19-4/h5-8H,9H2,1-4H3,(H,16,17). The van der Waals surface area contributed by atoms with Crippen LogP contribution in [0.3, 0.4) is 0 Å². The maximum absolute atomic E-state index is 12.1. The first-order valence-electron chi connectivity index (χ1n) is 6.22. The van der Waals surface area contributed by atoms with Crippen LogP contribution in [0.1, 0.15) is 26.3 Å². The maximum atomic E-state index is 12.1. The maximum Gasteiger partial charge on any atom is 0.359 e. The van der Waals surface area contributed by atoms with Gasteiger partial charge in [-0.3, -0.25) is 0 Å². The van der Waals surface area contributed by atoms with Crippen LogP contribution in [-0.4, -0.2) is 40.0 Å². The summed E-state index contributed by atoms with van der Waals surface area (Å²) in [4.78, 5) is 11.4. The minimum Gasteiger partial charge on any atom is -0.591 e. The van der Waals surface area contributed by atoms with E-state index in [0.29, 0.717) is 5.75 Å². The molecule has 1 aromatic rings. The number of hydrogen-bond donors (Lipinski definition) is 1. The van der Waals surface area contributed by atoms with Crippen molar-refractivity contribution in [1.82, 2.24) is 0 Å². The number of benzene rings is 1. The summed E-state index contributed by atoms with van der Waals surface area (Å²) in [5.41, 5.74) is -0.0328. The van der Waals surface area contributed by atoms with Crippen LogP contribution in [0.4, 0.5) is 0 Å². The fourth-order valence-corrected chi connectivity index (χ4v) is 1.95. The fourth-order valence-electron chi connectivity index (χ4n) is 1.33. The average molecular weight is 313 g/mol.